The topological polar surface area (TPSA) is 70.3 Å². The number of hydrogen-bond donors (Lipinski definition) is 1. The normalized spacial score (nSPS) is 10.2. The maximum absolute atomic E-state index is 5.92. The lowest BCUT2D eigenvalue weighted by Gasteiger charge is -2.13. The molecule has 0 aliphatic heterocycles. The van der Waals surface area contributed by atoms with Crippen LogP contribution in [0.15, 0.2) is 24.5 Å². The van der Waals surface area contributed by atoms with E-state index < -0.39 is 0 Å². The average molecular weight is 245 g/mol. The van der Waals surface area contributed by atoms with E-state index in [1.54, 1.807) is 14.2 Å². The van der Waals surface area contributed by atoms with Gasteiger partial charge in [-0.3, -0.25) is 0 Å². The molecular formula is C13H15N3O2. The molecule has 5 heteroatoms. The Balaban J connectivity index is 2.68. The summed E-state index contributed by atoms with van der Waals surface area (Å²) in [5.41, 5.74) is 8.32. The number of hydrogen-bond acceptors (Lipinski definition) is 5. The molecule has 0 atom stereocenters. The second-order valence-electron chi connectivity index (χ2n) is 3.79. The number of ether oxygens (including phenoxy) is 2. The molecule has 0 unspecified atom stereocenters. The highest BCUT2D eigenvalue weighted by atomic mass is 16.5. The molecule has 1 aromatic heterocycles. The summed E-state index contributed by atoms with van der Waals surface area (Å²) < 4.78 is 10.6. The maximum atomic E-state index is 5.92. The van der Waals surface area contributed by atoms with Crippen LogP contribution in [0.1, 0.15) is 5.69 Å². The number of aromatic nitrogens is 2. The SMILES string of the molecule is COc1ccc(OC)c(-c2c(C)ncnc2N)c1. The van der Waals surface area contributed by atoms with Gasteiger partial charge in [-0.25, -0.2) is 9.97 Å². The van der Waals surface area contributed by atoms with Gasteiger partial charge in [0.25, 0.3) is 0 Å². The average Bonchev–Trinajstić information content (AvgIpc) is 2.38. The van der Waals surface area contributed by atoms with E-state index in [1.165, 1.54) is 6.33 Å². The number of nitrogens with zero attached hydrogens (tertiary/aromatic N) is 2. The van der Waals surface area contributed by atoms with E-state index in [2.05, 4.69) is 9.97 Å². The third-order valence-electron chi connectivity index (χ3n) is 2.74. The minimum absolute atomic E-state index is 0.425. The number of aryl methyl sites for hydroxylation is 1. The summed E-state index contributed by atoms with van der Waals surface area (Å²) in [7, 11) is 3.23. The molecular weight excluding hydrogens is 230 g/mol. The van der Waals surface area contributed by atoms with Gasteiger partial charge in [0, 0.05) is 11.1 Å². The lowest BCUT2D eigenvalue weighted by Crippen LogP contribution is -2.00. The van der Waals surface area contributed by atoms with Crippen LogP contribution in [0.3, 0.4) is 0 Å². The fraction of sp³-hybridized carbons (Fsp3) is 0.231. The van der Waals surface area contributed by atoms with Crippen molar-refractivity contribution in [2.75, 3.05) is 20.0 Å². The molecule has 0 radical (unpaired) electrons. The van der Waals surface area contributed by atoms with E-state index in [0.717, 1.165) is 22.6 Å². The number of nitrogens with two attached hydrogens (primary N) is 1. The quantitative estimate of drug-likeness (QED) is 0.896. The van der Waals surface area contributed by atoms with E-state index in [4.69, 9.17) is 15.2 Å². The predicted octanol–water partition coefficient (Wildman–Crippen LogP) is 2.05. The van der Waals surface area contributed by atoms with Crippen molar-refractivity contribution in [3.63, 3.8) is 0 Å². The van der Waals surface area contributed by atoms with E-state index >= 15 is 0 Å². The van der Waals surface area contributed by atoms with Crippen LogP contribution in [0.25, 0.3) is 11.1 Å². The molecule has 2 rings (SSSR count). The van der Waals surface area contributed by atoms with Gasteiger partial charge in [-0.1, -0.05) is 0 Å². The van der Waals surface area contributed by atoms with Crippen LogP contribution in [0, 0.1) is 6.92 Å². The van der Waals surface area contributed by atoms with Crippen molar-refractivity contribution < 1.29 is 9.47 Å². The van der Waals surface area contributed by atoms with Crippen molar-refractivity contribution in [2.24, 2.45) is 0 Å². The van der Waals surface area contributed by atoms with Crippen molar-refractivity contribution in [3.8, 4) is 22.6 Å². The molecule has 18 heavy (non-hydrogen) atoms. The molecule has 1 aromatic carbocycles. The number of anilines is 1. The molecule has 94 valence electrons. The fourth-order valence-corrected chi connectivity index (χ4v) is 1.83. The first-order valence-corrected chi connectivity index (χ1v) is 5.47. The zero-order valence-electron chi connectivity index (χ0n) is 10.6. The number of benzene rings is 1. The molecule has 0 bridgehead atoms. The van der Waals surface area contributed by atoms with E-state index in [0.29, 0.717) is 11.6 Å². The number of nitrogen functional groups attached to an aromatic ring is 1. The van der Waals surface area contributed by atoms with Crippen LogP contribution in [-0.4, -0.2) is 24.2 Å². The van der Waals surface area contributed by atoms with Gasteiger partial charge in [0.15, 0.2) is 0 Å². The highest BCUT2D eigenvalue weighted by Crippen LogP contribution is 2.36. The van der Waals surface area contributed by atoms with Crippen LogP contribution < -0.4 is 15.2 Å². The van der Waals surface area contributed by atoms with Gasteiger partial charge in [-0.2, -0.15) is 0 Å². The largest absolute Gasteiger partial charge is 0.497 e. The lowest BCUT2D eigenvalue weighted by molar-refractivity contribution is 0.404. The molecule has 0 aliphatic carbocycles. The third-order valence-corrected chi connectivity index (χ3v) is 2.74. The molecule has 2 N–H and O–H groups in total. The molecule has 2 aromatic rings. The third kappa shape index (κ3) is 2.07. The maximum Gasteiger partial charge on any atom is 0.135 e. The van der Waals surface area contributed by atoms with Crippen molar-refractivity contribution in [1.29, 1.82) is 0 Å². The van der Waals surface area contributed by atoms with Crippen LogP contribution in [-0.2, 0) is 0 Å². The summed E-state index contributed by atoms with van der Waals surface area (Å²) in [6, 6.07) is 5.53. The van der Waals surface area contributed by atoms with Gasteiger partial charge in [0.05, 0.1) is 19.9 Å². The molecule has 5 nitrogen and oxygen atoms in total. The molecule has 0 amide bonds. The monoisotopic (exact) mass is 245 g/mol. The van der Waals surface area contributed by atoms with Crippen LogP contribution in [0.2, 0.25) is 0 Å². The first-order chi connectivity index (χ1) is 8.67. The summed E-state index contributed by atoms with van der Waals surface area (Å²) in [5, 5.41) is 0. The van der Waals surface area contributed by atoms with Gasteiger partial charge in [-0.05, 0) is 25.1 Å². The Bertz CT molecular complexity index is 550. The minimum atomic E-state index is 0.425. The standard InChI is InChI=1S/C13H15N3O2/c1-8-12(13(14)16-7-15-8)10-6-9(17-2)4-5-11(10)18-3/h4-7H,1-3H3,(H2,14,15,16). The fourth-order valence-electron chi connectivity index (χ4n) is 1.83. The highest BCUT2D eigenvalue weighted by molar-refractivity contribution is 5.81. The predicted molar refractivity (Wildman–Crippen MR) is 69.7 cm³/mol. The van der Waals surface area contributed by atoms with Gasteiger partial charge < -0.3 is 15.2 Å². The Morgan fingerprint density at radius 3 is 2.50 bits per heavy atom. The van der Waals surface area contributed by atoms with Crippen molar-refractivity contribution in [1.82, 2.24) is 9.97 Å². The van der Waals surface area contributed by atoms with Crippen LogP contribution in [0.4, 0.5) is 5.82 Å². The Morgan fingerprint density at radius 2 is 1.89 bits per heavy atom. The number of rotatable bonds is 3. The smallest absolute Gasteiger partial charge is 0.135 e. The summed E-state index contributed by atoms with van der Waals surface area (Å²) in [5.74, 6) is 1.86. The Morgan fingerprint density at radius 1 is 1.11 bits per heavy atom. The Kier molecular flexibility index (Phi) is 3.32. The van der Waals surface area contributed by atoms with Gasteiger partial charge in [0.1, 0.15) is 23.6 Å². The Hall–Kier alpha value is -2.30. The van der Waals surface area contributed by atoms with E-state index in [9.17, 15) is 0 Å². The second-order valence-corrected chi connectivity index (χ2v) is 3.79. The van der Waals surface area contributed by atoms with Crippen LogP contribution >= 0.6 is 0 Å². The highest BCUT2D eigenvalue weighted by Gasteiger charge is 2.14. The summed E-state index contributed by atoms with van der Waals surface area (Å²) in [6.45, 7) is 1.88. The molecule has 0 saturated heterocycles. The van der Waals surface area contributed by atoms with Gasteiger partial charge >= 0.3 is 0 Å². The molecule has 1 heterocycles. The zero-order chi connectivity index (χ0) is 13.1. The first kappa shape index (κ1) is 12.2. The van der Waals surface area contributed by atoms with E-state index in [-0.39, 0.29) is 0 Å². The Labute approximate surface area is 106 Å². The van der Waals surface area contributed by atoms with E-state index in [1.807, 2.05) is 25.1 Å². The summed E-state index contributed by atoms with van der Waals surface area (Å²) >= 11 is 0. The second kappa shape index (κ2) is 4.91. The molecule has 0 aliphatic rings. The first-order valence-electron chi connectivity index (χ1n) is 5.47. The van der Waals surface area contributed by atoms with Crippen LogP contribution in [0.5, 0.6) is 11.5 Å². The molecule has 0 spiro atoms. The van der Waals surface area contributed by atoms with Gasteiger partial charge in [-0.15, -0.1) is 0 Å². The minimum Gasteiger partial charge on any atom is -0.497 e. The molecule has 0 saturated carbocycles. The summed E-state index contributed by atoms with van der Waals surface area (Å²) in [4.78, 5) is 8.18. The lowest BCUT2D eigenvalue weighted by atomic mass is 10.0. The van der Waals surface area contributed by atoms with Crippen molar-refractivity contribution >= 4 is 5.82 Å². The van der Waals surface area contributed by atoms with Crippen molar-refractivity contribution in [3.05, 3.63) is 30.2 Å². The molecule has 0 fully saturated rings. The number of methoxy groups -OCH3 is 2. The summed E-state index contributed by atoms with van der Waals surface area (Å²) in [6.07, 6.45) is 1.45. The van der Waals surface area contributed by atoms with Gasteiger partial charge in [0.2, 0.25) is 0 Å². The van der Waals surface area contributed by atoms with Crippen molar-refractivity contribution in [2.45, 2.75) is 6.92 Å². The zero-order valence-corrected chi connectivity index (χ0v) is 10.6.